The van der Waals surface area contributed by atoms with Crippen LogP contribution in [-0.2, 0) is 4.79 Å². The Kier molecular flexibility index (Phi) is 6.24. The van der Waals surface area contributed by atoms with Crippen LogP contribution in [-0.4, -0.2) is 16.6 Å². The number of thioether (sulfide) groups is 1. The highest BCUT2D eigenvalue weighted by molar-refractivity contribution is 8.01. The number of ether oxygens (including phenoxy) is 1. The Balaban J connectivity index is 1.28. The Morgan fingerprint density at radius 2 is 1.55 bits per heavy atom. The van der Waals surface area contributed by atoms with Crippen molar-refractivity contribution in [2.75, 3.05) is 11.1 Å². The fraction of sp³-hybridized carbons (Fsp3) is 0.0435. The third-order valence-corrected chi connectivity index (χ3v) is 6.02. The van der Waals surface area contributed by atoms with E-state index < -0.39 is 0 Å². The molecule has 29 heavy (non-hydrogen) atoms. The number of thiazole rings is 1. The van der Waals surface area contributed by atoms with Crippen molar-refractivity contribution in [1.29, 1.82) is 0 Å². The summed E-state index contributed by atoms with van der Waals surface area (Å²) in [5, 5.41) is 4.92. The fourth-order valence-corrected chi connectivity index (χ4v) is 4.26. The van der Waals surface area contributed by atoms with E-state index in [0.29, 0.717) is 5.75 Å². The smallest absolute Gasteiger partial charge is 0.234 e. The number of aromatic nitrogens is 1. The van der Waals surface area contributed by atoms with Crippen molar-refractivity contribution in [2.24, 2.45) is 0 Å². The molecule has 144 valence electrons. The van der Waals surface area contributed by atoms with Gasteiger partial charge in [0.1, 0.15) is 11.5 Å². The lowest BCUT2D eigenvalue weighted by Crippen LogP contribution is -2.13. The summed E-state index contributed by atoms with van der Waals surface area (Å²) in [4.78, 5) is 16.8. The van der Waals surface area contributed by atoms with Gasteiger partial charge in [0.05, 0.1) is 11.4 Å². The van der Waals surface area contributed by atoms with E-state index in [2.05, 4.69) is 10.3 Å². The highest BCUT2D eigenvalue weighted by Crippen LogP contribution is 2.28. The maximum atomic E-state index is 12.3. The number of hydrogen-bond acceptors (Lipinski definition) is 5. The van der Waals surface area contributed by atoms with Crippen LogP contribution >= 0.6 is 23.1 Å². The molecular formula is C23H18N2O2S2. The van der Waals surface area contributed by atoms with Crippen LogP contribution in [0.2, 0.25) is 0 Å². The number of nitrogens with zero attached hydrogens (tertiary/aromatic N) is 1. The minimum absolute atomic E-state index is 0.0665. The van der Waals surface area contributed by atoms with Gasteiger partial charge in [-0.2, -0.15) is 0 Å². The molecule has 1 amide bonds. The van der Waals surface area contributed by atoms with Crippen molar-refractivity contribution in [1.82, 2.24) is 4.98 Å². The molecule has 1 N–H and O–H groups in total. The second-order valence-corrected chi connectivity index (χ2v) is 8.22. The highest BCUT2D eigenvalue weighted by atomic mass is 32.2. The molecule has 0 saturated carbocycles. The zero-order valence-electron chi connectivity index (χ0n) is 15.4. The number of hydrogen-bond donors (Lipinski definition) is 1. The average Bonchev–Trinajstić information content (AvgIpc) is 3.24. The van der Waals surface area contributed by atoms with Gasteiger partial charge < -0.3 is 10.1 Å². The van der Waals surface area contributed by atoms with Crippen molar-refractivity contribution >= 4 is 34.7 Å². The fourth-order valence-electron chi connectivity index (χ4n) is 2.62. The molecule has 0 aliphatic rings. The van der Waals surface area contributed by atoms with Gasteiger partial charge in [-0.1, -0.05) is 60.3 Å². The normalized spacial score (nSPS) is 10.5. The molecule has 1 heterocycles. The van der Waals surface area contributed by atoms with E-state index in [4.69, 9.17) is 4.74 Å². The van der Waals surface area contributed by atoms with Gasteiger partial charge in [-0.3, -0.25) is 4.79 Å². The minimum atomic E-state index is -0.0665. The molecule has 0 atom stereocenters. The zero-order chi connectivity index (χ0) is 19.9. The predicted molar refractivity (Wildman–Crippen MR) is 120 cm³/mol. The summed E-state index contributed by atoms with van der Waals surface area (Å²) >= 11 is 2.99. The van der Waals surface area contributed by atoms with Gasteiger partial charge in [0.2, 0.25) is 5.91 Å². The standard InChI is InChI=1S/C23H18N2O2S2/c26-22(16-29-23-25-21(15-28-23)17-7-3-1-4-8-17)24-18-11-13-20(14-12-18)27-19-9-5-2-6-10-19/h1-15H,16H2,(H,24,26). The summed E-state index contributed by atoms with van der Waals surface area (Å²) in [6.07, 6.45) is 0. The number of carbonyl (C=O) groups excluding carboxylic acids is 1. The number of nitrogens with one attached hydrogen (secondary N) is 1. The van der Waals surface area contributed by atoms with Crippen LogP contribution in [0, 0.1) is 0 Å². The molecule has 0 unspecified atom stereocenters. The largest absolute Gasteiger partial charge is 0.457 e. The molecule has 0 radical (unpaired) electrons. The Morgan fingerprint density at radius 3 is 2.28 bits per heavy atom. The lowest BCUT2D eigenvalue weighted by molar-refractivity contribution is -0.113. The van der Waals surface area contributed by atoms with Crippen LogP contribution < -0.4 is 10.1 Å². The van der Waals surface area contributed by atoms with E-state index >= 15 is 0 Å². The molecule has 3 aromatic carbocycles. The molecule has 0 saturated heterocycles. The summed E-state index contributed by atoms with van der Waals surface area (Å²) < 4.78 is 6.64. The summed E-state index contributed by atoms with van der Waals surface area (Å²) in [6, 6.07) is 26.9. The first-order valence-corrected chi connectivity index (χ1v) is 10.9. The van der Waals surface area contributed by atoms with Crippen LogP contribution in [0.15, 0.2) is 94.6 Å². The lowest BCUT2D eigenvalue weighted by Gasteiger charge is -2.07. The van der Waals surface area contributed by atoms with Crippen molar-refractivity contribution in [3.63, 3.8) is 0 Å². The molecular weight excluding hydrogens is 400 g/mol. The second-order valence-electron chi connectivity index (χ2n) is 6.14. The maximum Gasteiger partial charge on any atom is 0.234 e. The predicted octanol–water partition coefficient (Wildman–Crippen LogP) is 6.33. The molecule has 4 rings (SSSR count). The summed E-state index contributed by atoms with van der Waals surface area (Å²) in [7, 11) is 0. The van der Waals surface area contributed by atoms with E-state index in [1.807, 2.05) is 90.3 Å². The molecule has 0 aliphatic carbocycles. The molecule has 0 fully saturated rings. The first kappa shape index (κ1) is 19.2. The Labute approximate surface area is 177 Å². The summed E-state index contributed by atoms with van der Waals surface area (Å²) in [5.74, 6) is 1.74. The van der Waals surface area contributed by atoms with E-state index in [0.717, 1.165) is 32.8 Å². The van der Waals surface area contributed by atoms with Crippen LogP contribution in [0.1, 0.15) is 0 Å². The highest BCUT2D eigenvalue weighted by Gasteiger charge is 2.08. The second kappa shape index (κ2) is 9.41. The third kappa shape index (κ3) is 5.47. The zero-order valence-corrected chi connectivity index (χ0v) is 17.1. The average molecular weight is 419 g/mol. The van der Waals surface area contributed by atoms with Crippen molar-refractivity contribution < 1.29 is 9.53 Å². The quantitative estimate of drug-likeness (QED) is 0.356. The number of carbonyl (C=O) groups is 1. The Morgan fingerprint density at radius 1 is 0.897 bits per heavy atom. The molecule has 0 aliphatic heterocycles. The van der Waals surface area contributed by atoms with Gasteiger partial charge in [0.15, 0.2) is 4.34 Å². The summed E-state index contributed by atoms with van der Waals surface area (Å²) in [6.45, 7) is 0. The van der Waals surface area contributed by atoms with Gasteiger partial charge in [-0.15, -0.1) is 11.3 Å². The van der Waals surface area contributed by atoms with E-state index in [1.54, 1.807) is 11.3 Å². The summed E-state index contributed by atoms with van der Waals surface area (Å²) in [5.41, 5.74) is 2.76. The van der Waals surface area contributed by atoms with Gasteiger partial charge in [0, 0.05) is 16.6 Å². The topological polar surface area (TPSA) is 51.2 Å². The number of rotatable bonds is 7. The molecule has 0 spiro atoms. The number of amides is 1. The monoisotopic (exact) mass is 418 g/mol. The van der Waals surface area contributed by atoms with Crippen molar-refractivity contribution in [3.8, 4) is 22.8 Å². The molecule has 4 aromatic rings. The first-order valence-electron chi connectivity index (χ1n) is 9.03. The van der Waals surface area contributed by atoms with E-state index in [9.17, 15) is 4.79 Å². The Hall–Kier alpha value is -3.09. The van der Waals surface area contributed by atoms with Crippen molar-refractivity contribution in [3.05, 3.63) is 90.3 Å². The van der Waals surface area contributed by atoms with Crippen LogP contribution in [0.25, 0.3) is 11.3 Å². The SMILES string of the molecule is O=C(CSc1nc(-c2ccccc2)cs1)Nc1ccc(Oc2ccccc2)cc1. The Bertz CT molecular complexity index is 1070. The van der Waals surface area contributed by atoms with Crippen LogP contribution in [0.4, 0.5) is 5.69 Å². The molecule has 4 nitrogen and oxygen atoms in total. The number of anilines is 1. The first-order chi connectivity index (χ1) is 14.3. The lowest BCUT2D eigenvalue weighted by atomic mass is 10.2. The van der Waals surface area contributed by atoms with Gasteiger partial charge in [-0.05, 0) is 36.4 Å². The van der Waals surface area contributed by atoms with E-state index in [-0.39, 0.29) is 5.91 Å². The maximum absolute atomic E-state index is 12.3. The molecule has 0 bridgehead atoms. The van der Waals surface area contributed by atoms with Gasteiger partial charge >= 0.3 is 0 Å². The third-order valence-electron chi connectivity index (χ3n) is 4.00. The minimum Gasteiger partial charge on any atom is -0.457 e. The number of benzene rings is 3. The van der Waals surface area contributed by atoms with Gasteiger partial charge in [-0.25, -0.2) is 4.98 Å². The van der Waals surface area contributed by atoms with Gasteiger partial charge in [0.25, 0.3) is 0 Å². The van der Waals surface area contributed by atoms with Crippen LogP contribution in [0.3, 0.4) is 0 Å². The molecule has 1 aromatic heterocycles. The number of para-hydroxylation sites is 1. The van der Waals surface area contributed by atoms with Crippen LogP contribution in [0.5, 0.6) is 11.5 Å². The van der Waals surface area contributed by atoms with Crippen molar-refractivity contribution in [2.45, 2.75) is 4.34 Å². The molecule has 6 heteroatoms. The van der Waals surface area contributed by atoms with E-state index in [1.165, 1.54) is 11.8 Å².